The van der Waals surface area contributed by atoms with Gasteiger partial charge in [0.1, 0.15) is 11.6 Å². The molecule has 1 N–H and O–H groups in total. The van der Waals surface area contributed by atoms with Crippen LogP contribution in [0.3, 0.4) is 0 Å². The lowest BCUT2D eigenvalue weighted by molar-refractivity contribution is 0.412. The topological polar surface area (TPSA) is 103 Å². The van der Waals surface area contributed by atoms with Crippen LogP contribution in [0.2, 0.25) is 0 Å². The first-order valence-electron chi connectivity index (χ1n) is 11.0. The zero-order chi connectivity index (χ0) is 27.0. The van der Waals surface area contributed by atoms with Crippen LogP contribution >= 0.6 is 0 Å². The number of nitrogens with one attached hydrogen (secondary N) is 1. The minimum Gasteiger partial charge on any atom is -0.495 e. The molecule has 3 aromatic carbocycles. The first-order chi connectivity index (χ1) is 18.2. The largest absolute Gasteiger partial charge is 0.495 e. The van der Waals surface area contributed by atoms with Crippen molar-refractivity contribution in [3.05, 3.63) is 107 Å². The van der Waals surface area contributed by atoms with Crippen molar-refractivity contribution in [2.75, 3.05) is 11.8 Å². The van der Waals surface area contributed by atoms with E-state index >= 15 is 4.39 Å². The lowest BCUT2D eigenvalue weighted by atomic mass is 10.0. The summed E-state index contributed by atoms with van der Waals surface area (Å²) < 4.78 is 76.9. The Labute approximate surface area is 214 Å². The molecular weight excluding hydrogens is 521 g/mol. The molecule has 0 fully saturated rings. The van der Waals surface area contributed by atoms with E-state index in [1.165, 1.54) is 68.0 Å². The Morgan fingerprint density at radius 1 is 0.868 bits per heavy atom. The van der Waals surface area contributed by atoms with Crippen LogP contribution in [0.1, 0.15) is 0 Å². The van der Waals surface area contributed by atoms with Crippen molar-refractivity contribution in [1.29, 1.82) is 0 Å². The summed E-state index contributed by atoms with van der Waals surface area (Å²) in [5.74, 6) is -3.08. The first kappa shape index (κ1) is 25.0. The highest BCUT2D eigenvalue weighted by Crippen LogP contribution is 2.34. The Morgan fingerprint density at radius 3 is 2.34 bits per heavy atom. The summed E-state index contributed by atoms with van der Waals surface area (Å²) in [6.45, 7) is 0. The van der Waals surface area contributed by atoms with Gasteiger partial charge in [0.25, 0.3) is 15.6 Å². The van der Waals surface area contributed by atoms with Crippen LogP contribution < -0.4 is 15.0 Å². The summed E-state index contributed by atoms with van der Waals surface area (Å²) in [6, 6.07) is 13.5. The number of ether oxygens (including phenoxy) is 1. The van der Waals surface area contributed by atoms with Crippen LogP contribution in [0.5, 0.6) is 5.75 Å². The van der Waals surface area contributed by atoms with Gasteiger partial charge in [-0.2, -0.15) is 0 Å². The van der Waals surface area contributed by atoms with E-state index in [1.54, 1.807) is 0 Å². The summed E-state index contributed by atoms with van der Waals surface area (Å²) in [7, 11) is -2.75. The third-order valence-corrected chi connectivity index (χ3v) is 7.03. The maximum Gasteiger partial charge on any atom is 0.264 e. The highest BCUT2D eigenvalue weighted by Gasteiger charge is 2.20. The molecule has 0 amide bonds. The molecule has 0 spiro atoms. The van der Waals surface area contributed by atoms with E-state index in [4.69, 9.17) is 4.74 Å². The van der Waals surface area contributed by atoms with Crippen LogP contribution in [-0.4, -0.2) is 30.1 Å². The van der Waals surface area contributed by atoms with Crippen LogP contribution in [-0.2, 0) is 10.0 Å². The number of anilines is 1. The van der Waals surface area contributed by atoms with E-state index < -0.39 is 33.0 Å². The Hall–Kier alpha value is -4.71. The van der Waals surface area contributed by atoms with Gasteiger partial charge in [-0.25, -0.2) is 36.3 Å². The van der Waals surface area contributed by atoms with E-state index in [2.05, 4.69) is 14.7 Å². The third kappa shape index (κ3) is 4.57. The number of aromatic nitrogens is 3. The number of rotatable bonds is 6. The second kappa shape index (κ2) is 9.63. The van der Waals surface area contributed by atoms with Crippen molar-refractivity contribution in [2.45, 2.75) is 4.90 Å². The first-order valence-corrected chi connectivity index (χ1v) is 12.5. The number of pyridine rings is 1. The molecule has 0 radical (unpaired) electrons. The Kier molecular flexibility index (Phi) is 6.33. The standard InChI is InChI=1S/C26H17F3N4O4S/c1-37-24-13-18(15-3-6-19(27)21(29)12-15)20(28)14-23(24)33-22-7-5-17(11-16(22)4-8-25(33)34)38(35,36)32-26-30-9-2-10-31-26/h2-14H,1H3,(H,30,31,32). The van der Waals surface area contributed by atoms with Gasteiger partial charge < -0.3 is 4.74 Å². The number of hydrogen-bond acceptors (Lipinski definition) is 6. The Balaban J connectivity index is 1.63. The van der Waals surface area contributed by atoms with Gasteiger partial charge in [0.05, 0.1) is 23.2 Å². The molecule has 8 nitrogen and oxygen atoms in total. The van der Waals surface area contributed by atoms with E-state index in [0.717, 1.165) is 22.8 Å². The van der Waals surface area contributed by atoms with E-state index in [0.29, 0.717) is 5.39 Å². The molecule has 0 saturated heterocycles. The smallest absolute Gasteiger partial charge is 0.264 e. The van der Waals surface area contributed by atoms with Gasteiger partial charge >= 0.3 is 0 Å². The van der Waals surface area contributed by atoms with E-state index in [9.17, 15) is 22.0 Å². The molecule has 5 aromatic rings. The van der Waals surface area contributed by atoms with Gasteiger partial charge in [-0.1, -0.05) is 6.07 Å². The molecule has 2 heterocycles. The summed E-state index contributed by atoms with van der Waals surface area (Å²) in [5, 5.41) is 0.355. The molecule has 5 rings (SSSR count). The van der Waals surface area contributed by atoms with E-state index in [1.807, 2.05) is 0 Å². The maximum absolute atomic E-state index is 15.2. The summed E-state index contributed by atoms with van der Waals surface area (Å²) >= 11 is 0. The normalized spacial score (nSPS) is 11.5. The molecule has 0 unspecified atom stereocenters. The van der Waals surface area contributed by atoms with Gasteiger partial charge in [-0.15, -0.1) is 0 Å². The summed E-state index contributed by atoms with van der Waals surface area (Å²) in [6.07, 6.45) is 2.77. The number of sulfonamides is 1. The fourth-order valence-corrected chi connectivity index (χ4v) is 4.93. The number of methoxy groups -OCH3 is 1. The molecule has 0 aliphatic rings. The van der Waals surface area contributed by atoms with Crippen molar-refractivity contribution in [1.82, 2.24) is 14.5 Å². The van der Waals surface area contributed by atoms with Crippen LogP contribution in [0.15, 0.2) is 88.8 Å². The molecule has 38 heavy (non-hydrogen) atoms. The van der Waals surface area contributed by atoms with Crippen molar-refractivity contribution >= 4 is 26.9 Å². The molecule has 0 atom stereocenters. The van der Waals surface area contributed by atoms with Crippen LogP contribution in [0, 0.1) is 17.5 Å². The summed E-state index contributed by atoms with van der Waals surface area (Å²) in [4.78, 5) is 20.5. The van der Waals surface area contributed by atoms with Crippen molar-refractivity contribution in [2.24, 2.45) is 0 Å². The second-order valence-corrected chi connectivity index (χ2v) is 9.72. The minimum absolute atomic E-state index is 0.0263. The molecule has 192 valence electrons. The van der Waals surface area contributed by atoms with Gasteiger partial charge in [0, 0.05) is 35.5 Å². The fourth-order valence-electron chi connectivity index (χ4n) is 3.94. The predicted molar refractivity (Wildman–Crippen MR) is 134 cm³/mol. The van der Waals surface area contributed by atoms with Crippen LogP contribution in [0.25, 0.3) is 27.7 Å². The third-order valence-electron chi connectivity index (χ3n) is 5.71. The molecule has 0 aliphatic heterocycles. The van der Waals surface area contributed by atoms with Gasteiger partial charge in [0.15, 0.2) is 11.6 Å². The molecular formula is C26H17F3N4O4S. The Morgan fingerprint density at radius 2 is 1.63 bits per heavy atom. The SMILES string of the molecule is COc1cc(-c2ccc(F)c(F)c2)c(F)cc1-n1c(=O)ccc2cc(S(=O)(=O)Nc3ncccn3)ccc21. The van der Waals surface area contributed by atoms with Crippen molar-refractivity contribution < 1.29 is 26.3 Å². The maximum atomic E-state index is 15.2. The number of halogens is 3. The Bertz CT molecular complexity index is 1860. The zero-order valence-electron chi connectivity index (χ0n) is 19.5. The zero-order valence-corrected chi connectivity index (χ0v) is 20.3. The average Bonchev–Trinajstić information content (AvgIpc) is 2.90. The van der Waals surface area contributed by atoms with Gasteiger partial charge in [0.2, 0.25) is 5.95 Å². The van der Waals surface area contributed by atoms with Crippen LogP contribution in [0.4, 0.5) is 19.1 Å². The number of fused-ring (bicyclic) bond motifs is 1. The lowest BCUT2D eigenvalue weighted by Gasteiger charge is -2.16. The predicted octanol–water partition coefficient (Wildman–Crippen LogP) is 4.67. The average molecular weight is 539 g/mol. The summed E-state index contributed by atoms with van der Waals surface area (Å²) in [5.41, 5.74) is -0.243. The van der Waals surface area contributed by atoms with Gasteiger partial charge in [-0.3, -0.25) is 9.36 Å². The number of hydrogen-bond donors (Lipinski definition) is 1. The van der Waals surface area contributed by atoms with E-state index in [-0.39, 0.29) is 38.9 Å². The molecule has 0 bridgehead atoms. The lowest BCUT2D eigenvalue weighted by Crippen LogP contribution is -2.19. The molecule has 0 saturated carbocycles. The second-order valence-electron chi connectivity index (χ2n) is 8.04. The highest BCUT2D eigenvalue weighted by atomic mass is 32.2. The quantitative estimate of drug-likeness (QED) is 0.337. The highest BCUT2D eigenvalue weighted by molar-refractivity contribution is 7.92. The van der Waals surface area contributed by atoms with Gasteiger partial charge in [-0.05, 0) is 54.1 Å². The number of benzene rings is 3. The molecule has 12 heteroatoms. The minimum atomic E-state index is -4.06. The van der Waals surface area contributed by atoms with Crippen molar-refractivity contribution in [3.8, 4) is 22.6 Å². The fraction of sp³-hybridized carbons (Fsp3) is 0.0385. The molecule has 2 aromatic heterocycles. The molecule has 0 aliphatic carbocycles. The monoisotopic (exact) mass is 538 g/mol. The number of nitrogens with zero attached hydrogens (tertiary/aromatic N) is 3. The van der Waals surface area contributed by atoms with Crippen molar-refractivity contribution in [3.63, 3.8) is 0 Å².